The van der Waals surface area contributed by atoms with Crippen LogP contribution in [0.3, 0.4) is 0 Å². The summed E-state index contributed by atoms with van der Waals surface area (Å²) in [4.78, 5) is 21.9. The normalized spacial score (nSPS) is 21.9. The molecule has 0 unspecified atom stereocenters. The second-order valence-corrected chi connectivity index (χ2v) is 5.28. The van der Waals surface area contributed by atoms with E-state index in [1.54, 1.807) is 0 Å². The number of hydrogen-bond acceptors (Lipinski definition) is 3. The van der Waals surface area contributed by atoms with Crippen molar-refractivity contribution in [1.29, 1.82) is 0 Å². The average molecular weight is 235 g/mol. The van der Waals surface area contributed by atoms with E-state index in [1.807, 2.05) is 18.7 Å². The van der Waals surface area contributed by atoms with Gasteiger partial charge in [0, 0.05) is 13.0 Å². The molecular formula is C12H17N3O2. The summed E-state index contributed by atoms with van der Waals surface area (Å²) in [6.07, 6.45) is 0.850. The Balaban J connectivity index is 1.77. The van der Waals surface area contributed by atoms with E-state index in [4.69, 9.17) is 4.74 Å². The van der Waals surface area contributed by atoms with E-state index in [1.165, 1.54) is 0 Å². The minimum atomic E-state index is -0.299. The Morgan fingerprint density at radius 3 is 2.94 bits per heavy atom. The summed E-state index contributed by atoms with van der Waals surface area (Å²) in [7, 11) is 0. The van der Waals surface area contributed by atoms with Crippen molar-refractivity contribution in [3.8, 4) is 0 Å². The summed E-state index contributed by atoms with van der Waals surface area (Å²) in [5, 5.41) is 0. The second-order valence-electron chi connectivity index (χ2n) is 5.28. The maximum Gasteiger partial charge on any atom is 0.233 e. The number of H-pyrrole nitrogens is 1. The number of nitrogens with one attached hydrogen (secondary N) is 1. The number of nitrogens with zero attached hydrogens (tertiary/aromatic N) is 2. The van der Waals surface area contributed by atoms with Crippen LogP contribution in [-0.2, 0) is 22.5 Å². The molecule has 1 N–H and O–H groups in total. The summed E-state index contributed by atoms with van der Waals surface area (Å²) in [5.74, 6) is 1.14. The van der Waals surface area contributed by atoms with Crippen LogP contribution >= 0.6 is 0 Å². The molecule has 0 bridgehead atoms. The number of ether oxygens (including phenoxy) is 1. The molecule has 0 spiro atoms. The Morgan fingerprint density at radius 2 is 2.29 bits per heavy atom. The van der Waals surface area contributed by atoms with Crippen molar-refractivity contribution in [3.63, 3.8) is 0 Å². The molecule has 0 radical (unpaired) electrons. The number of hydrogen-bond donors (Lipinski definition) is 1. The molecule has 0 saturated carbocycles. The molecular weight excluding hydrogens is 218 g/mol. The van der Waals surface area contributed by atoms with Gasteiger partial charge >= 0.3 is 0 Å². The van der Waals surface area contributed by atoms with Gasteiger partial charge in [-0.05, 0) is 13.8 Å². The van der Waals surface area contributed by atoms with Crippen molar-refractivity contribution in [2.45, 2.75) is 26.8 Å². The molecule has 0 aromatic carbocycles. The first-order valence-electron chi connectivity index (χ1n) is 6.00. The Hall–Kier alpha value is -1.36. The lowest BCUT2D eigenvalue weighted by molar-refractivity contribution is -0.169. The molecule has 1 aromatic rings. The zero-order valence-corrected chi connectivity index (χ0v) is 10.2. The van der Waals surface area contributed by atoms with Crippen molar-refractivity contribution in [1.82, 2.24) is 14.9 Å². The summed E-state index contributed by atoms with van der Waals surface area (Å²) in [6.45, 7) is 6.46. The minimum Gasteiger partial charge on any atom is -0.379 e. The smallest absolute Gasteiger partial charge is 0.233 e. The lowest BCUT2D eigenvalue weighted by atomic mass is 9.86. The Bertz CT molecular complexity index is 462. The second kappa shape index (κ2) is 3.57. The molecule has 0 atom stereocenters. The van der Waals surface area contributed by atoms with Crippen LogP contribution < -0.4 is 0 Å². The molecule has 5 heteroatoms. The van der Waals surface area contributed by atoms with Crippen LogP contribution in [0.5, 0.6) is 0 Å². The van der Waals surface area contributed by atoms with Crippen LogP contribution in [0, 0.1) is 12.3 Å². The number of carbonyl (C=O) groups excluding carboxylic acids is 1. The van der Waals surface area contributed by atoms with Gasteiger partial charge in [-0.1, -0.05) is 0 Å². The first-order valence-corrected chi connectivity index (χ1v) is 6.00. The van der Waals surface area contributed by atoms with Crippen molar-refractivity contribution >= 4 is 5.91 Å². The van der Waals surface area contributed by atoms with Crippen molar-refractivity contribution in [2.75, 3.05) is 19.8 Å². The highest BCUT2D eigenvalue weighted by molar-refractivity contribution is 5.83. The molecule has 92 valence electrons. The summed E-state index contributed by atoms with van der Waals surface area (Å²) in [5.41, 5.74) is 1.90. The van der Waals surface area contributed by atoms with Crippen LogP contribution in [0.1, 0.15) is 24.1 Å². The van der Waals surface area contributed by atoms with E-state index < -0.39 is 0 Å². The van der Waals surface area contributed by atoms with Gasteiger partial charge in [0.05, 0.1) is 36.6 Å². The van der Waals surface area contributed by atoms with Gasteiger partial charge < -0.3 is 14.6 Å². The number of aromatic nitrogens is 2. The van der Waals surface area contributed by atoms with E-state index in [-0.39, 0.29) is 11.3 Å². The summed E-state index contributed by atoms with van der Waals surface area (Å²) >= 11 is 0. The first-order chi connectivity index (χ1) is 8.08. The van der Waals surface area contributed by atoms with Gasteiger partial charge in [0.2, 0.25) is 5.91 Å². The fraction of sp³-hybridized carbons (Fsp3) is 0.667. The SMILES string of the molecule is Cc1nc2c([nH]1)CN(C(=O)C1(C)COC1)CC2. The van der Waals surface area contributed by atoms with Crippen LogP contribution in [0.15, 0.2) is 0 Å². The van der Waals surface area contributed by atoms with E-state index in [0.717, 1.165) is 30.2 Å². The van der Waals surface area contributed by atoms with E-state index in [2.05, 4.69) is 9.97 Å². The Labute approximate surface area is 100 Å². The van der Waals surface area contributed by atoms with Gasteiger partial charge in [-0.15, -0.1) is 0 Å². The van der Waals surface area contributed by atoms with Crippen LogP contribution in [0.4, 0.5) is 0 Å². The number of aryl methyl sites for hydroxylation is 1. The third-order valence-electron chi connectivity index (χ3n) is 3.60. The fourth-order valence-corrected chi connectivity index (χ4v) is 2.52. The van der Waals surface area contributed by atoms with Crippen LogP contribution in [0.25, 0.3) is 0 Å². The highest BCUT2D eigenvalue weighted by Crippen LogP contribution is 2.30. The van der Waals surface area contributed by atoms with Crippen molar-refractivity contribution < 1.29 is 9.53 Å². The maximum atomic E-state index is 12.3. The lowest BCUT2D eigenvalue weighted by Crippen LogP contribution is -2.54. The van der Waals surface area contributed by atoms with E-state index in [9.17, 15) is 4.79 Å². The lowest BCUT2D eigenvalue weighted by Gasteiger charge is -2.41. The third-order valence-corrected chi connectivity index (χ3v) is 3.60. The van der Waals surface area contributed by atoms with Crippen LogP contribution in [0.2, 0.25) is 0 Å². The monoisotopic (exact) mass is 235 g/mol. The van der Waals surface area contributed by atoms with Gasteiger partial charge in [-0.3, -0.25) is 4.79 Å². The molecule has 1 aromatic heterocycles. The molecule has 1 amide bonds. The van der Waals surface area contributed by atoms with Crippen molar-refractivity contribution in [3.05, 3.63) is 17.2 Å². The fourth-order valence-electron chi connectivity index (χ4n) is 2.52. The zero-order valence-electron chi connectivity index (χ0n) is 10.2. The molecule has 1 saturated heterocycles. The molecule has 3 heterocycles. The topological polar surface area (TPSA) is 58.2 Å². The molecule has 2 aliphatic heterocycles. The zero-order chi connectivity index (χ0) is 12.0. The standard InChI is InChI=1S/C12H17N3O2/c1-8-13-9-3-4-15(5-10(9)14-8)11(16)12(2)6-17-7-12/h3-7H2,1-2H3,(H,13,14). The predicted octanol–water partition coefficient (Wildman–Crippen LogP) is 0.639. The van der Waals surface area contributed by atoms with Gasteiger partial charge in [0.25, 0.3) is 0 Å². The Kier molecular flexibility index (Phi) is 2.26. The third kappa shape index (κ3) is 1.65. The van der Waals surface area contributed by atoms with Gasteiger partial charge in [0.1, 0.15) is 5.82 Å². The van der Waals surface area contributed by atoms with Crippen molar-refractivity contribution in [2.24, 2.45) is 5.41 Å². The highest BCUT2D eigenvalue weighted by atomic mass is 16.5. The number of fused-ring (bicyclic) bond motifs is 1. The molecule has 0 aliphatic carbocycles. The first kappa shape index (κ1) is 10.8. The molecule has 3 rings (SSSR count). The molecule has 17 heavy (non-hydrogen) atoms. The number of amides is 1. The van der Waals surface area contributed by atoms with E-state index >= 15 is 0 Å². The van der Waals surface area contributed by atoms with Gasteiger partial charge in [0.15, 0.2) is 0 Å². The van der Waals surface area contributed by atoms with Gasteiger partial charge in [-0.2, -0.15) is 0 Å². The average Bonchev–Trinajstić information content (AvgIpc) is 2.63. The van der Waals surface area contributed by atoms with Gasteiger partial charge in [-0.25, -0.2) is 4.98 Å². The van der Waals surface area contributed by atoms with Crippen LogP contribution in [-0.4, -0.2) is 40.5 Å². The highest BCUT2D eigenvalue weighted by Gasteiger charge is 2.44. The number of aromatic amines is 1. The summed E-state index contributed by atoms with van der Waals surface area (Å²) in [6, 6.07) is 0. The number of carbonyl (C=O) groups is 1. The molecule has 2 aliphatic rings. The number of imidazole rings is 1. The Morgan fingerprint density at radius 1 is 1.53 bits per heavy atom. The largest absolute Gasteiger partial charge is 0.379 e. The maximum absolute atomic E-state index is 12.3. The predicted molar refractivity (Wildman–Crippen MR) is 61.4 cm³/mol. The molecule has 1 fully saturated rings. The minimum absolute atomic E-state index is 0.210. The molecule has 5 nitrogen and oxygen atoms in total. The number of rotatable bonds is 1. The van der Waals surface area contributed by atoms with E-state index in [0.29, 0.717) is 19.8 Å². The quantitative estimate of drug-likeness (QED) is 0.777. The summed E-state index contributed by atoms with van der Waals surface area (Å²) < 4.78 is 5.16.